The van der Waals surface area contributed by atoms with Gasteiger partial charge in [-0.15, -0.1) is 0 Å². The quantitative estimate of drug-likeness (QED) is 0.237. The molecule has 0 radical (unpaired) electrons. The maximum absolute atomic E-state index is 12.7. The van der Waals surface area contributed by atoms with Gasteiger partial charge >= 0.3 is 12.1 Å². The van der Waals surface area contributed by atoms with Gasteiger partial charge in [0, 0.05) is 5.57 Å². The predicted molar refractivity (Wildman–Crippen MR) is 98.8 cm³/mol. The summed E-state index contributed by atoms with van der Waals surface area (Å²) in [5.74, 6) is -4.41. The number of primary amides is 1. The molecule has 14 nitrogen and oxygen atoms in total. The number of nitrogens with two attached hydrogens (primary N) is 1. The molecule has 15 heteroatoms. The smallest absolute Gasteiger partial charge is 0.404 e. The molecule has 3 rings (SSSR count). The third kappa shape index (κ3) is 3.94. The van der Waals surface area contributed by atoms with Crippen molar-refractivity contribution in [2.75, 3.05) is 19.5 Å². The van der Waals surface area contributed by atoms with Crippen molar-refractivity contribution in [3.05, 3.63) is 35.4 Å². The Kier molecular flexibility index (Phi) is 5.70. The molecule has 1 aromatic heterocycles. The Hall–Kier alpha value is -3.88. The van der Waals surface area contributed by atoms with Crippen LogP contribution in [0.3, 0.4) is 0 Å². The van der Waals surface area contributed by atoms with Gasteiger partial charge in [-0.05, 0) is 12.1 Å². The zero-order valence-electron chi connectivity index (χ0n) is 15.8. The van der Waals surface area contributed by atoms with Gasteiger partial charge in [0.2, 0.25) is 5.71 Å². The molecule has 0 bridgehead atoms. The predicted octanol–water partition coefficient (Wildman–Crippen LogP) is -1.85. The minimum absolute atomic E-state index is 0.00788. The number of ether oxygens (including phenoxy) is 1. The summed E-state index contributed by atoms with van der Waals surface area (Å²) in [6.07, 6.45) is 0.00891. The lowest BCUT2D eigenvalue weighted by Gasteiger charge is -2.48. The Labute approximate surface area is 174 Å². The maximum Gasteiger partial charge on any atom is 0.404 e. The molecule has 3 amide bonds. The van der Waals surface area contributed by atoms with Gasteiger partial charge in [0.05, 0.1) is 12.0 Å². The molecule has 0 aliphatic carbocycles. The highest BCUT2D eigenvalue weighted by molar-refractivity contribution is 7.92. The number of β-lactam (4-membered cyclic amide) rings is 1. The number of sulfone groups is 1. The first kappa shape index (κ1) is 21.8. The van der Waals surface area contributed by atoms with Crippen LogP contribution in [0.5, 0.6) is 0 Å². The zero-order chi connectivity index (χ0) is 22.9. The van der Waals surface area contributed by atoms with Crippen molar-refractivity contribution in [2.45, 2.75) is 11.4 Å². The SMILES string of the molecule is CO/N=C(\C(=O)N[C@@H]1C(=O)N2C(C(=O)O)=C(COC(N)=O)CS(=O)(=O)[C@H]12)c1ccco1. The summed E-state index contributed by atoms with van der Waals surface area (Å²) in [6.45, 7) is -0.729. The first-order chi connectivity index (χ1) is 14.6. The van der Waals surface area contributed by atoms with Crippen molar-refractivity contribution >= 4 is 39.4 Å². The van der Waals surface area contributed by atoms with Crippen molar-refractivity contribution in [2.24, 2.45) is 10.9 Å². The van der Waals surface area contributed by atoms with Gasteiger partial charge in [-0.1, -0.05) is 5.16 Å². The second kappa shape index (κ2) is 8.10. The monoisotopic (exact) mass is 456 g/mol. The summed E-state index contributed by atoms with van der Waals surface area (Å²) in [4.78, 5) is 52.8. The Morgan fingerprint density at radius 2 is 2.13 bits per heavy atom. The van der Waals surface area contributed by atoms with Crippen LogP contribution in [0.4, 0.5) is 4.79 Å². The van der Waals surface area contributed by atoms with E-state index in [-0.39, 0.29) is 17.0 Å². The normalized spacial score (nSPS) is 22.3. The highest BCUT2D eigenvalue weighted by atomic mass is 32.2. The van der Waals surface area contributed by atoms with Crippen molar-refractivity contribution in [3.8, 4) is 0 Å². The molecule has 2 aliphatic heterocycles. The van der Waals surface area contributed by atoms with Gasteiger partial charge in [0.25, 0.3) is 11.8 Å². The van der Waals surface area contributed by atoms with E-state index in [2.05, 4.69) is 20.0 Å². The van der Waals surface area contributed by atoms with Crippen LogP contribution in [-0.4, -0.2) is 78.9 Å². The van der Waals surface area contributed by atoms with Gasteiger partial charge < -0.3 is 30.1 Å². The van der Waals surface area contributed by atoms with Crippen molar-refractivity contribution in [1.82, 2.24) is 10.2 Å². The molecule has 1 fully saturated rings. The summed E-state index contributed by atoms with van der Waals surface area (Å²) in [5, 5.41) is 13.5. The standard InChI is InChI=1S/C16H16N4O10S/c1-28-19-9(8-3-2-4-29-8)12(21)18-10-13(22)20-11(15(23)24)7(5-30-16(17)25)6-31(26,27)14(10)20/h2-4,10,14H,5-6H2,1H3,(H2,17,25)(H,18,21)(H,23,24)/b19-9-/t10-,14-/m1/s1. The molecule has 1 saturated heterocycles. The lowest BCUT2D eigenvalue weighted by Crippen LogP contribution is -2.75. The van der Waals surface area contributed by atoms with Crippen molar-refractivity contribution in [3.63, 3.8) is 0 Å². The van der Waals surface area contributed by atoms with E-state index in [0.717, 1.165) is 7.11 Å². The third-order valence-corrected chi connectivity index (χ3v) is 6.36. The number of amides is 3. The van der Waals surface area contributed by atoms with Crippen LogP contribution in [0.15, 0.2) is 39.2 Å². The Morgan fingerprint density at radius 3 is 2.68 bits per heavy atom. The lowest BCUT2D eigenvalue weighted by molar-refractivity contribution is -0.150. The van der Waals surface area contributed by atoms with E-state index in [1.807, 2.05) is 0 Å². The van der Waals surface area contributed by atoms with Crippen LogP contribution < -0.4 is 11.1 Å². The lowest BCUT2D eigenvalue weighted by atomic mass is 10.0. The number of carbonyl (C=O) groups is 4. The van der Waals surface area contributed by atoms with Gasteiger partial charge in [-0.25, -0.2) is 18.0 Å². The first-order valence-electron chi connectivity index (χ1n) is 8.46. The number of carboxylic acids is 1. The van der Waals surface area contributed by atoms with Gasteiger partial charge in [0.15, 0.2) is 21.0 Å². The van der Waals surface area contributed by atoms with Crippen LogP contribution in [-0.2, 0) is 33.8 Å². The number of nitrogens with one attached hydrogen (secondary N) is 1. The van der Waals surface area contributed by atoms with Crippen molar-refractivity contribution in [1.29, 1.82) is 0 Å². The molecule has 1 aromatic rings. The van der Waals surface area contributed by atoms with E-state index in [1.165, 1.54) is 18.4 Å². The number of hydrogen-bond acceptors (Lipinski definition) is 10. The maximum atomic E-state index is 12.7. The molecule has 31 heavy (non-hydrogen) atoms. The van der Waals surface area contributed by atoms with Gasteiger partial charge in [0.1, 0.15) is 25.5 Å². The summed E-state index contributed by atoms with van der Waals surface area (Å²) in [7, 11) is -3.00. The Balaban J connectivity index is 1.90. The molecule has 0 spiro atoms. The molecule has 0 unspecified atom stereocenters. The fourth-order valence-corrected chi connectivity index (χ4v) is 5.21. The van der Waals surface area contributed by atoms with Crippen LogP contribution >= 0.6 is 0 Å². The van der Waals surface area contributed by atoms with E-state index < -0.39 is 63.2 Å². The fourth-order valence-electron chi connectivity index (χ4n) is 3.20. The minimum atomic E-state index is -4.16. The second-order valence-electron chi connectivity index (χ2n) is 6.32. The average Bonchev–Trinajstić information content (AvgIpc) is 3.21. The summed E-state index contributed by atoms with van der Waals surface area (Å²) in [6, 6.07) is 1.28. The molecular weight excluding hydrogens is 440 g/mol. The number of furan rings is 1. The summed E-state index contributed by atoms with van der Waals surface area (Å²) in [5.41, 5.74) is 3.48. The van der Waals surface area contributed by atoms with Crippen LogP contribution in [0.2, 0.25) is 0 Å². The van der Waals surface area contributed by atoms with Crippen LogP contribution in [0.1, 0.15) is 5.76 Å². The fraction of sp³-hybridized carbons (Fsp3) is 0.312. The van der Waals surface area contributed by atoms with Crippen LogP contribution in [0.25, 0.3) is 0 Å². The number of hydrogen-bond donors (Lipinski definition) is 3. The number of aliphatic carboxylic acids is 1. The van der Waals surface area contributed by atoms with Gasteiger partial charge in [-0.2, -0.15) is 0 Å². The number of oxime groups is 1. The number of carbonyl (C=O) groups excluding carboxylic acids is 3. The number of fused-ring (bicyclic) bond motifs is 1. The Morgan fingerprint density at radius 1 is 1.42 bits per heavy atom. The topological polar surface area (TPSA) is 208 Å². The number of rotatable bonds is 7. The largest absolute Gasteiger partial charge is 0.477 e. The molecule has 3 heterocycles. The minimum Gasteiger partial charge on any atom is -0.477 e. The molecule has 0 aromatic carbocycles. The van der Waals surface area contributed by atoms with E-state index in [9.17, 15) is 32.7 Å². The van der Waals surface area contributed by atoms with Crippen LogP contribution in [0, 0.1) is 0 Å². The summed E-state index contributed by atoms with van der Waals surface area (Å²) >= 11 is 0. The molecule has 2 aliphatic rings. The Bertz CT molecular complexity index is 1110. The molecule has 2 atom stereocenters. The molecule has 4 N–H and O–H groups in total. The van der Waals surface area contributed by atoms with Crippen molar-refractivity contribution < 1.29 is 46.7 Å². The molecule has 166 valence electrons. The highest BCUT2D eigenvalue weighted by Crippen LogP contribution is 2.36. The average molecular weight is 456 g/mol. The first-order valence-corrected chi connectivity index (χ1v) is 10.2. The van der Waals surface area contributed by atoms with E-state index in [0.29, 0.717) is 4.90 Å². The summed E-state index contributed by atoms with van der Waals surface area (Å²) < 4.78 is 35.0. The van der Waals surface area contributed by atoms with E-state index >= 15 is 0 Å². The number of nitrogens with zero attached hydrogens (tertiary/aromatic N) is 2. The highest BCUT2D eigenvalue weighted by Gasteiger charge is 2.60. The third-order valence-electron chi connectivity index (χ3n) is 4.39. The number of carboxylic acid groups (broad SMARTS) is 1. The van der Waals surface area contributed by atoms with Gasteiger partial charge in [-0.3, -0.25) is 14.5 Å². The second-order valence-corrected chi connectivity index (χ2v) is 8.42. The van der Waals surface area contributed by atoms with E-state index in [4.69, 9.17) is 10.2 Å². The van der Waals surface area contributed by atoms with E-state index in [1.54, 1.807) is 0 Å². The zero-order valence-corrected chi connectivity index (χ0v) is 16.6. The molecular formula is C16H16N4O10S. The molecule has 0 saturated carbocycles.